The van der Waals surface area contributed by atoms with Crippen molar-refractivity contribution in [1.82, 2.24) is 0 Å². The highest BCUT2D eigenvalue weighted by molar-refractivity contribution is 6.16. The highest BCUT2D eigenvalue weighted by Crippen LogP contribution is 2.23. The van der Waals surface area contributed by atoms with Crippen LogP contribution in [0.4, 0.5) is 0 Å². The van der Waals surface area contributed by atoms with Gasteiger partial charge in [0.25, 0.3) is 0 Å². The molecule has 0 saturated carbocycles. The normalized spacial score (nSPS) is 15.9. The summed E-state index contributed by atoms with van der Waals surface area (Å²) >= 11 is 0. The van der Waals surface area contributed by atoms with E-state index in [0.717, 1.165) is 5.71 Å². The lowest BCUT2D eigenvalue weighted by molar-refractivity contribution is 0.583. The van der Waals surface area contributed by atoms with Crippen LogP contribution in [0.5, 0.6) is 0 Å². The number of nitrogens with zero attached hydrogens (tertiary/aromatic N) is 1. The van der Waals surface area contributed by atoms with E-state index >= 15 is 0 Å². The Morgan fingerprint density at radius 2 is 1.50 bits per heavy atom. The van der Waals surface area contributed by atoms with Crippen LogP contribution in [0.25, 0.3) is 0 Å². The van der Waals surface area contributed by atoms with Gasteiger partial charge in [0.1, 0.15) is 7.85 Å². The van der Waals surface area contributed by atoms with Gasteiger partial charge in [0.15, 0.2) is 0 Å². The Balaban J connectivity index is 4.81. The molecule has 1 nitrogen and oxygen atoms in total. The standard InChI is InChI=1S/C12H24BN/c1-9(8-12(6,7)13)10(2)14-11(3,4)5/h8H,13H2,1-7H3/b9-8-,14-10-. The van der Waals surface area contributed by atoms with Crippen molar-refractivity contribution >= 4 is 13.6 Å². The molecule has 0 aliphatic rings. The van der Waals surface area contributed by atoms with Crippen molar-refractivity contribution in [2.24, 2.45) is 4.99 Å². The number of hydrogen-bond donors (Lipinski definition) is 0. The van der Waals surface area contributed by atoms with Crippen molar-refractivity contribution in [3.63, 3.8) is 0 Å². The van der Waals surface area contributed by atoms with Crippen LogP contribution in [0.15, 0.2) is 16.6 Å². The summed E-state index contributed by atoms with van der Waals surface area (Å²) in [6, 6.07) is 0. The highest BCUT2D eigenvalue weighted by Gasteiger charge is 2.11. The van der Waals surface area contributed by atoms with Gasteiger partial charge >= 0.3 is 0 Å². The molecule has 0 unspecified atom stereocenters. The molecule has 0 N–H and O–H groups in total. The van der Waals surface area contributed by atoms with Crippen molar-refractivity contribution in [3.05, 3.63) is 11.6 Å². The van der Waals surface area contributed by atoms with Crippen LogP contribution >= 0.6 is 0 Å². The quantitative estimate of drug-likeness (QED) is 0.472. The zero-order chi connectivity index (χ0) is 11.6. The number of allylic oxidation sites excluding steroid dienone is 2. The first kappa shape index (κ1) is 13.5. The van der Waals surface area contributed by atoms with Gasteiger partial charge in [-0.2, -0.15) is 0 Å². The molecule has 0 aliphatic heterocycles. The predicted molar refractivity (Wildman–Crippen MR) is 69.2 cm³/mol. The lowest BCUT2D eigenvalue weighted by Crippen LogP contribution is -2.13. The molecule has 14 heavy (non-hydrogen) atoms. The Morgan fingerprint density at radius 1 is 1.07 bits per heavy atom. The maximum Gasteiger partial charge on any atom is 0.113 e. The summed E-state index contributed by atoms with van der Waals surface area (Å²) in [6.45, 7) is 15.0. The van der Waals surface area contributed by atoms with Crippen LogP contribution in [0.2, 0.25) is 5.31 Å². The Kier molecular flexibility index (Phi) is 4.17. The van der Waals surface area contributed by atoms with Gasteiger partial charge in [-0.3, -0.25) is 4.99 Å². The van der Waals surface area contributed by atoms with Crippen LogP contribution in [0.1, 0.15) is 48.5 Å². The van der Waals surface area contributed by atoms with Gasteiger partial charge in [0.2, 0.25) is 0 Å². The Morgan fingerprint density at radius 3 is 1.79 bits per heavy atom. The summed E-state index contributed by atoms with van der Waals surface area (Å²) in [5.74, 6) is 0. The van der Waals surface area contributed by atoms with Gasteiger partial charge in [-0.05, 0) is 45.5 Å². The smallest absolute Gasteiger partial charge is 0.113 e. The first-order valence-corrected chi connectivity index (χ1v) is 5.27. The van der Waals surface area contributed by atoms with E-state index in [0.29, 0.717) is 0 Å². The lowest BCUT2D eigenvalue weighted by atomic mass is 9.71. The third-order valence-corrected chi connectivity index (χ3v) is 1.72. The topological polar surface area (TPSA) is 12.4 Å². The van der Waals surface area contributed by atoms with Gasteiger partial charge in [0.05, 0.1) is 5.54 Å². The van der Waals surface area contributed by atoms with Gasteiger partial charge in [-0.1, -0.05) is 19.9 Å². The molecular weight excluding hydrogens is 169 g/mol. The monoisotopic (exact) mass is 193 g/mol. The van der Waals surface area contributed by atoms with Crippen LogP contribution in [-0.4, -0.2) is 19.1 Å². The van der Waals surface area contributed by atoms with Gasteiger partial charge in [-0.25, -0.2) is 0 Å². The second-order valence-corrected chi connectivity index (χ2v) is 6.06. The first-order chi connectivity index (χ1) is 6.01. The van der Waals surface area contributed by atoms with Crippen molar-refractivity contribution in [3.8, 4) is 0 Å². The third kappa shape index (κ3) is 6.93. The van der Waals surface area contributed by atoms with Gasteiger partial charge in [-0.15, -0.1) is 0 Å². The number of rotatable bonds is 2. The minimum atomic E-state index is 0.0249. The maximum absolute atomic E-state index is 4.64. The van der Waals surface area contributed by atoms with E-state index in [-0.39, 0.29) is 10.9 Å². The van der Waals surface area contributed by atoms with Crippen molar-refractivity contribution in [2.45, 2.75) is 59.3 Å². The minimum absolute atomic E-state index is 0.0249. The summed E-state index contributed by atoms with van der Waals surface area (Å²) in [7, 11) is 2.21. The van der Waals surface area contributed by atoms with Crippen molar-refractivity contribution < 1.29 is 0 Å². The van der Waals surface area contributed by atoms with E-state index in [1.54, 1.807) is 0 Å². The van der Waals surface area contributed by atoms with E-state index in [4.69, 9.17) is 0 Å². The fourth-order valence-electron chi connectivity index (χ4n) is 1.35. The zero-order valence-corrected chi connectivity index (χ0v) is 11.0. The molecule has 0 rings (SSSR count). The SMILES string of the molecule is BC(C)(C)/C=C(C)\C(C)=N/C(C)(C)C. The predicted octanol–water partition coefficient (Wildman–Crippen LogP) is 3.02. The molecule has 0 aromatic heterocycles. The summed E-state index contributed by atoms with van der Waals surface area (Å²) in [5, 5.41) is 0.235. The van der Waals surface area contributed by atoms with E-state index < -0.39 is 0 Å². The maximum atomic E-state index is 4.64. The second kappa shape index (κ2) is 4.33. The van der Waals surface area contributed by atoms with Gasteiger partial charge < -0.3 is 0 Å². The molecular formula is C12H24BN. The Hall–Kier alpha value is -0.525. The Labute approximate surface area is 90.1 Å². The summed E-state index contributed by atoms with van der Waals surface area (Å²) in [4.78, 5) is 4.64. The molecule has 2 heteroatoms. The minimum Gasteiger partial charge on any atom is -0.284 e. The van der Waals surface area contributed by atoms with E-state index in [2.05, 4.69) is 67.4 Å². The molecule has 0 fully saturated rings. The van der Waals surface area contributed by atoms with Crippen LogP contribution < -0.4 is 0 Å². The molecule has 0 atom stereocenters. The third-order valence-electron chi connectivity index (χ3n) is 1.72. The van der Waals surface area contributed by atoms with Crippen LogP contribution in [0.3, 0.4) is 0 Å². The molecule has 0 amide bonds. The average molecular weight is 193 g/mol. The fraction of sp³-hybridized carbons (Fsp3) is 0.750. The fourth-order valence-corrected chi connectivity index (χ4v) is 1.35. The molecule has 0 spiro atoms. The second-order valence-electron chi connectivity index (χ2n) is 6.06. The summed E-state index contributed by atoms with van der Waals surface area (Å²) in [6.07, 6.45) is 2.28. The first-order valence-electron chi connectivity index (χ1n) is 5.27. The van der Waals surface area contributed by atoms with E-state index in [9.17, 15) is 0 Å². The number of aliphatic imine (C=N–C) groups is 1. The molecule has 0 aromatic rings. The molecule has 0 aromatic carbocycles. The molecule has 0 aliphatic carbocycles. The summed E-state index contributed by atoms with van der Waals surface area (Å²) in [5.41, 5.74) is 2.46. The molecule has 0 radical (unpaired) electrons. The molecule has 0 bridgehead atoms. The Bertz CT molecular complexity index is 220. The van der Waals surface area contributed by atoms with Crippen LogP contribution in [-0.2, 0) is 0 Å². The van der Waals surface area contributed by atoms with Crippen LogP contribution in [0, 0.1) is 0 Å². The highest BCUT2D eigenvalue weighted by atomic mass is 14.8. The van der Waals surface area contributed by atoms with Crippen molar-refractivity contribution in [1.29, 1.82) is 0 Å². The lowest BCUT2D eigenvalue weighted by Gasteiger charge is -2.17. The molecule has 0 heterocycles. The van der Waals surface area contributed by atoms with Gasteiger partial charge in [0, 0.05) is 5.71 Å². The van der Waals surface area contributed by atoms with E-state index in [1.165, 1.54) is 5.57 Å². The largest absolute Gasteiger partial charge is 0.284 e. The van der Waals surface area contributed by atoms with E-state index in [1.807, 2.05) is 0 Å². The average Bonchev–Trinajstić information content (AvgIpc) is 1.78. The summed E-state index contributed by atoms with van der Waals surface area (Å²) < 4.78 is 0. The van der Waals surface area contributed by atoms with Crippen molar-refractivity contribution in [2.75, 3.05) is 0 Å². The zero-order valence-electron chi connectivity index (χ0n) is 11.0. The molecule has 80 valence electrons. The molecule has 0 saturated heterocycles. The number of hydrogen-bond acceptors (Lipinski definition) is 1.